The van der Waals surface area contributed by atoms with Crippen LogP contribution < -0.4 is 5.32 Å². The number of benzene rings is 2. The Hall–Kier alpha value is -3.69. The monoisotopic (exact) mass is 458 g/mol. The molecule has 3 aromatic rings. The fourth-order valence-corrected chi connectivity index (χ4v) is 3.54. The number of rotatable bonds is 7. The van der Waals surface area contributed by atoms with E-state index in [4.69, 9.17) is 5.11 Å². The van der Waals surface area contributed by atoms with Gasteiger partial charge in [-0.25, -0.2) is 9.48 Å². The van der Waals surface area contributed by atoms with Gasteiger partial charge in [0.15, 0.2) is 0 Å². The van der Waals surface area contributed by atoms with Gasteiger partial charge in [0.2, 0.25) is 0 Å². The molecule has 0 spiro atoms. The Labute approximate surface area is 187 Å². The second-order valence-corrected chi connectivity index (χ2v) is 8.07. The molecule has 1 heterocycles. The van der Waals surface area contributed by atoms with Crippen LogP contribution in [-0.2, 0) is 12.7 Å². The summed E-state index contributed by atoms with van der Waals surface area (Å²) in [5, 5.41) is 20.2. The van der Waals surface area contributed by atoms with Crippen LogP contribution in [0.25, 0.3) is 0 Å². The average molecular weight is 458 g/mol. The molecule has 0 aliphatic heterocycles. The molecule has 1 aliphatic carbocycles. The summed E-state index contributed by atoms with van der Waals surface area (Å²) in [7, 11) is 0. The van der Waals surface area contributed by atoms with E-state index in [0.29, 0.717) is 11.3 Å². The van der Waals surface area contributed by atoms with Gasteiger partial charge in [0.05, 0.1) is 29.4 Å². The molecule has 0 unspecified atom stereocenters. The molecule has 7 nitrogen and oxygen atoms in total. The molecular weight excluding hydrogens is 437 g/mol. The van der Waals surface area contributed by atoms with Gasteiger partial charge >= 0.3 is 12.1 Å². The molecule has 4 rings (SSSR count). The molecule has 172 valence electrons. The molecule has 1 amide bonds. The highest BCUT2D eigenvalue weighted by Crippen LogP contribution is 2.40. The Bertz CT molecular complexity index is 1170. The minimum atomic E-state index is -4.42. The summed E-state index contributed by atoms with van der Waals surface area (Å²) in [6.45, 7) is 1.87. The number of carbonyl (C=O) groups is 2. The number of carboxylic acids is 1. The topological polar surface area (TPSA) is 97.1 Å². The van der Waals surface area contributed by atoms with Crippen molar-refractivity contribution in [2.45, 2.75) is 44.4 Å². The first kappa shape index (κ1) is 22.5. The molecule has 1 aromatic heterocycles. The quantitative estimate of drug-likeness (QED) is 0.547. The van der Waals surface area contributed by atoms with E-state index in [2.05, 4.69) is 15.6 Å². The molecule has 1 fully saturated rings. The lowest BCUT2D eigenvalue weighted by Gasteiger charge is -2.16. The summed E-state index contributed by atoms with van der Waals surface area (Å²) in [6, 6.07) is 10.5. The average Bonchev–Trinajstić information content (AvgIpc) is 3.53. The SMILES string of the molecule is C[C@H](NC(=O)c1c(C2CC2)nnn1Cc1ccc(C(F)(F)F)cc1)c1ccc(C(=O)O)cc1. The largest absolute Gasteiger partial charge is 0.478 e. The van der Waals surface area contributed by atoms with E-state index in [1.807, 2.05) is 0 Å². The molecule has 2 N–H and O–H groups in total. The number of nitrogens with one attached hydrogen (secondary N) is 1. The summed E-state index contributed by atoms with van der Waals surface area (Å²) in [5.41, 5.74) is 1.54. The van der Waals surface area contributed by atoms with Crippen LogP contribution >= 0.6 is 0 Å². The summed E-state index contributed by atoms with van der Waals surface area (Å²) in [5.74, 6) is -1.30. The van der Waals surface area contributed by atoms with Gasteiger partial charge in [-0.3, -0.25) is 4.79 Å². The zero-order chi connectivity index (χ0) is 23.8. The van der Waals surface area contributed by atoms with Crippen molar-refractivity contribution in [3.8, 4) is 0 Å². The first-order valence-electron chi connectivity index (χ1n) is 10.4. The molecule has 2 aromatic carbocycles. The van der Waals surface area contributed by atoms with Gasteiger partial charge in [-0.15, -0.1) is 5.10 Å². The minimum Gasteiger partial charge on any atom is -0.478 e. The number of hydrogen-bond donors (Lipinski definition) is 2. The maximum absolute atomic E-state index is 13.2. The van der Waals surface area contributed by atoms with Crippen LogP contribution in [0.1, 0.15) is 75.0 Å². The fourth-order valence-electron chi connectivity index (χ4n) is 3.54. The molecule has 0 bridgehead atoms. The van der Waals surface area contributed by atoms with Crippen molar-refractivity contribution in [2.75, 3.05) is 0 Å². The van der Waals surface area contributed by atoms with Gasteiger partial charge in [-0.2, -0.15) is 13.2 Å². The Balaban J connectivity index is 1.54. The molecule has 0 radical (unpaired) electrons. The summed E-state index contributed by atoms with van der Waals surface area (Å²) >= 11 is 0. The summed E-state index contributed by atoms with van der Waals surface area (Å²) in [6.07, 6.45) is -2.63. The number of aromatic carboxylic acids is 1. The summed E-state index contributed by atoms with van der Waals surface area (Å²) < 4.78 is 39.9. The predicted octanol–water partition coefficient (Wildman–Crippen LogP) is 4.41. The Kier molecular flexibility index (Phi) is 5.92. The van der Waals surface area contributed by atoms with Crippen LogP contribution in [0, 0.1) is 0 Å². The van der Waals surface area contributed by atoms with Crippen molar-refractivity contribution >= 4 is 11.9 Å². The van der Waals surface area contributed by atoms with Crippen LogP contribution in [-0.4, -0.2) is 32.0 Å². The van der Waals surface area contributed by atoms with E-state index >= 15 is 0 Å². The van der Waals surface area contributed by atoms with E-state index < -0.39 is 29.7 Å². The lowest BCUT2D eigenvalue weighted by atomic mass is 10.1. The predicted molar refractivity (Wildman–Crippen MR) is 112 cm³/mol. The van der Waals surface area contributed by atoms with Crippen molar-refractivity contribution in [1.82, 2.24) is 20.3 Å². The number of halogens is 3. The number of carbonyl (C=O) groups excluding carboxylic acids is 1. The highest BCUT2D eigenvalue weighted by atomic mass is 19.4. The van der Waals surface area contributed by atoms with E-state index in [1.165, 1.54) is 28.9 Å². The van der Waals surface area contributed by atoms with Gasteiger partial charge < -0.3 is 10.4 Å². The molecule has 1 aliphatic rings. The molecular formula is C23H21F3N4O3. The third-order valence-electron chi connectivity index (χ3n) is 5.56. The summed E-state index contributed by atoms with van der Waals surface area (Å²) in [4.78, 5) is 24.2. The number of aromatic nitrogens is 3. The van der Waals surface area contributed by atoms with Gasteiger partial charge in [0.25, 0.3) is 5.91 Å². The van der Waals surface area contributed by atoms with Crippen LogP contribution in [0.3, 0.4) is 0 Å². The van der Waals surface area contributed by atoms with Gasteiger partial charge in [-0.1, -0.05) is 29.5 Å². The molecule has 0 saturated heterocycles. The van der Waals surface area contributed by atoms with E-state index in [1.54, 1.807) is 19.1 Å². The zero-order valence-corrected chi connectivity index (χ0v) is 17.6. The van der Waals surface area contributed by atoms with Gasteiger partial charge in [0.1, 0.15) is 5.69 Å². The first-order chi connectivity index (χ1) is 15.6. The number of amides is 1. The van der Waals surface area contributed by atoms with Crippen molar-refractivity contribution in [3.63, 3.8) is 0 Å². The Morgan fingerprint density at radius 3 is 2.30 bits per heavy atom. The van der Waals surface area contributed by atoms with Crippen LogP contribution in [0.2, 0.25) is 0 Å². The van der Waals surface area contributed by atoms with Crippen LogP contribution in [0.4, 0.5) is 13.2 Å². The third kappa shape index (κ3) is 5.05. The fraction of sp³-hybridized carbons (Fsp3) is 0.304. The van der Waals surface area contributed by atoms with E-state index in [0.717, 1.165) is 30.5 Å². The second kappa shape index (κ2) is 8.68. The first-order valence-corrected chi connectivity index (χ1v) is 10.4. The molecule has 1 saturated carbocycles. The van der Waals surface area contributed by atoms with E-state index in [-0.39, 0.29) is 23.7 Å². The second-order valence-electron chi connectivity index (χ2n) is 8.07. The zero-order valence-electron chi connectivity index (χ0n) is 17.6. The number of nitrogens with zero attached hydrogens (tertiary/aromatic N) is 3. The van der Waals surface area contributed by atoms with Gasteiger partial charge in [-0.05, 0) is 55.2 Å². The molecule has 10 heteroatoms. The lowest BCUT2D eigenvalue weighted by Crippen LogP contribution is -2.30. The maximum atomic E-state index is 13.2. The molecule has 1 atom stereocenters. The maximum Gasteiger partial charge on any atom is 0.416 e. The van der Waals surface area contributed by atoms with Crippen molar-refractivity contribution in [3.05, 3.63) is 82.2 Å². The Morgan fingerprint density at radius 1 is 1.12 bits per heavy atom. The standard InChI is InChI=1S/C23H21F3N4O3/c1-13(15-4-8-17(9-5-15)22(32)33)27-21(31)20-19(16-6-7-16)28-29-30(20)12-14-2-10-18(11-3-14)23(24,25)26/h2-5,8-11,13,16H,6-7,12H2,1H3,(H,27,31)(H,32,33)/t13-/m0/s1. The smallest absolute Gasteiger partial charge is 0.416 e. The normalized spacial score (nSPS) is 14.7. The number of alkyl halides is 3. The third-order valence-corrected chi connectivity index (χ3v) is 5.56. The number of hydrogen-bond acceptors (Lipinski definition) is 4. The number of carboxylic acid groups (broad SMARTS) is 1. The van der Waals surface area contributed by atoms with Crippen LogP contribution in [0.15, 0.2) is 48.5 Å². The highest BCUT2D eigenvalue weighted by molar-refractivity contribution is 5.94. The Morgan fingerprint density at radius 2 is 1.76 bits per heavy atom. The molecule has 33 heavy (non-hydrogen) atoms. The van der Waals surface area contributed by atoms with Crippen molar-refractivity contribution < 1.29 is 27.9 Å². The van der Waals surface area contributed by atoms with E-state index in [9.17, 15) is 22.8 Å². The highest BCUT2D eigenvalue weighted by Gasteiger charge is 2.34. The van der Waals surface area contributed by atoms with Crippen molar-refractivity contribution in [2.24, 2.45) is 0 Å². The lowest BCUT2D eigenvalue weighted by molar-refractivity contribution is -0.137. The van der Waals surface area contributed by atoms with Gasteiger partial charge in [0, 0.05) is 5.92 Å². The van der Waals surface area contributed by atoms with Crippen LogP contribution in [0.5, 0.6) is 0 Å². The van der Waals surface area contributed by atoms with Crippen molar-refractivity contribution in [1.29, 1.82) is 0 Å². The minimum absolute atomic E-state index is 0.0995.